The van der Waals surface area contributed by atoms with Gasteiger partial charge in [0, 0.05) is 63.7 Å². The molecule has 1 saturated carbocycles. The summed E-state index contributed by atoms with van der Waals surface area (Å²) in [5, 5.41) is 7.36. The molecule has 2 aromatic carbocycles. The lowest BCUT2D eigenvalue weighted by molar-refractivity contribution is 0.0916. The van der Waals surface area contributed by atoms with Gasteiger partial charge in [-0.05, 0) is 85.7 Å². The second-order valence-corrected chi connectivity index (χ2v) is 14.3. The van der Waals surface area contributed by atoms with Gasteiger partial charge in [0.25, 0.3) is 11.5 Å². The third-order valence-electron chi connectivity index (χ3n) is 10.8. The molecule has 0 atom stereocenters. The highest BCUT2D eigenvalue weighted by Gasteiger charge is 2.29. The van der Waals surface area contributed by atoms with E-state index in [9.17, 15) is 18.8 Å². The fourth-order valence-electron chi connectivity index (χ4n) is 7.71. The Kier molecular flexibility index (Phi) is 9.63. The van der Waals surface area contributed by atoms with Crippen molar-refractivity contribution in [1.29, 1.82) is 0 Å². The number of halogens is 1. The normalized spacial score (nSPS) is 17.9. The number of nitrogens with one attached hydrogen (secondary N) is 1. The minimum absolute atomic E-state index is 0.0335. The molecule has 2 aliphatic rings. The first-order valence-electron chi connectivity index (χ1n) is 18.4. The highest BCUT2D eigenvalue weighted by atomic mass is 19.1. The summed E-state index contributed by atoms with van der Waals surface area (Å²) in [5.74, 6) is 0.109. The molecule has 0 bridgehead atoms. The monoisotopic (exact) mass is 727 g/mol. The van der Waals surface area contributed by atoms with Gasteiger partial charge < -0.3 is 10.2 Å². The van der Waals surface area contributed by atoms with Crippen LogP contribution < -0.4 is 21.5 Å². The van der Waals surface area contributed by atoms with Gasteiger partial charge >= 0.3 is 5.69 Å². The van der Waals surface area contributed by atoms with E-state index in [0.717, 1.165) is 67.6 Å². The number of piperazine rings is 1. The van der Waals surface area contributed by atoms with Crippen molar-refractivity contribution in [2.24, 2.45) is 7.05 Å². The zero-order chi connectivity index (χ0) is 37.3. The van der Waals surface area contributed by atoms with Gasteiger partial charge in [0.15, 0.2) is 5.65 Å². The van der Waals surface area contributed by atoms with Crippen LogP contribution in [0.5, 0.6) is 0 Å². The second-order valence-electron chi connectivity index (χ2n) is 14.3. The van der Waals surface area contributed by atoms with Crippen molar-refractivity contribution in [3.05, 3.63) is 135 Å². The quantitative estimate of drug-likeness (QED) is 0.232. The first-order valence-corrected chi connectivity index (χ1v) is 18.4. The Labute approximate surface area is 311 Å². The number of amides is 1. The van der Waals surface area contributed by atoms with Crippen molar-refractivity contribution in [3.8, 4) is 16.8 Å². The van der Waals surface area contributed by atoms with Crippen molar-refractivity contribution in [2.75, 3.05) is 31.1 Å². The maximum atomic E-state index is 14.6. The van der Waals surface area contributed by atoms with Crippen molar-refractivity contribution in [1.82, 2.24) is 39.1 Å². The molecular weight excluding hydrogens is 686 g/mol. The van der Waals surface area contributed by atoms with E-state index >= 15 is 0 Å². The van der Waals surface area contributed by atoms with E-state index in [4.69, 9.17) is 0 Å². The lowest BCUT2D eigenvalue weighted by Gasteiger charge is -2.35. The predicted molar refractivity (Wildman–Crippen MR) is 205 cm³/mol. The zero-order valence-electron chi connectivity index (χ0n) is 30.4. The average molecular weight is 728 g/mol. The van der Waals surface area contributed by atoms with E-state index in [-0.39, 0.29) is 23.0 Å². The van der Waals surface area contributed by atoms with E-state index in [1.165, 1.54) is 14.7 Å². The number of aromatic nitrogens is 6. The van der Waals surface area contributed by atoms with Crippen LogP contribution in [-0.2, 0) is 13.6 Å². The molecule has 1 amide bonds. The molecule has 2 fully saturated rings. The van der Waals surface area contributed by atoms with E-state index < -0.39 is 23.1 Å². The van der Waals surface area contributed by atoms with Gasteiger partial charge in [-0.3, -0.25) is 23.7 Å². The summed E-state index contributed by atoms with van der Waals surface area (Å²) in [7, 11) is 1.79. The number of pyridine rings is 2. The zero-order valence-corrected chi connectivity index (χ0v) is 30.4. The predicted octanol–water partition coefficient (Wildman–Crippen LogP) is 5.03. The fraction of sp³-hybridized carbons (Fsp3) is 0.317. The van der Waals surface area contributed by atoms with Crippen LogP contribution in [0.2, 0.25) is 0 Å². The second kappa shape index (κ2) is 14.8. The molecule has 5 heterocycles. The Balaban J connectivity index is 1.01. The largest absolute Gasteiger partial charge is 0.354 e. The number of nitrogens with zero attached hydrogens (tertiary/aromatic N) is 8. The van der Waals surface area contributed by atoms with Crippen LogP contribution in [0.1, 0.15) is 53.5 Å². The molecule has 6 aromatic rings. The summed E-state index contributed by atoms with van der Waals surface area (Å²) >= 11 is 0. The highest BCUT2D eigenvalue weighted by molar-refractivity contribution is 5.92. The number of hydrogen-bond acceptors (Lipinski definition) is 8. The summed E-state index contributed by atoms with van der Waals surface area (Å²) in [6.45, 7) is 6.49. The fourth-order valence-corrected chi connectivity index (χ4v) is 7.71. The van der Waals surface area contributed by atoms with E-state index in [0.29, 0.717) is 37.1 Å². The Bertz CT molecular complexity index is 2410. The number of carbonyl (C=O) groups excluding carboxylic acids is 1. The summed E-state index contributed by atoms with van der Waals surface area (Å²) in [6, 6.07) is 24.3. The molecule has 1 aliphatic heterocycles. The average Bonchev–Trinajstić information content (AvgIpc) is 3.54. The maximum absolute atomic E-state index is 14.6. The molecule has 8 rings (SSSR count). The van der Waals surface area contributed by atoms with Crippen LogP contribution in [0.15, 0.2) is 101 Å². The SMILES string of the molecule is Cc1cc(C(=O)N[C@H]2CC[C@@H](n3c(=O)c4cc(F)cnc4n(-c4cccc(-c5ccc(CN6CCN(c7ccccn7)CC6)cc5)c4)c3=O)CC2)nn1C. The van der Waals surface area contributed by atoms with Crippen LogP contribution in [0.4, 0.5) is 10.2 Å². The molecule has 54 heavy (non-hydrogen) atoms. The van der Waals surface area contributed by atoms with E-state index in [1.54, 1.807) is 23.9 Å². The minimum Gasteiger partial charge on any atom is -0.354 e. The van der Waals surface area contributed by atoms with Gasteiger partial charge in [-0.2, -0.15) is 5.10 Å². The molecule has 0 spiro atoms. The van der Waals surface area contributed by atoms with Crippen molar-refractivity contribution in [2.45, 2.75) is 51.2 Å². The van der Waals surface area contributed by atoms with Crippen LogP contribution in [0.25, 0.3) is 27.8 Å². The molecule has 1 saturated heterocycles. The summed E-state index contributed by atoms with van der Waals surface area (Å²) in [6.07, 6.45) is 4.98. The van der Waals surface area contributed by atoms with Gasteiger partial charge in [-0.15, -0.1) is 0 Å². The molecule has 0 unspecified atom stereocenters. The molecule has 1 N–H and O–H groups in total. The molecule has 276 valence electrons. The molecular formula is C41H42FN9O3. The Morgan fingerprint density at radius 1 is 0.870 bits per heavy atom. The van der Waals surface area contributed by atoms with Gasteiger partial charge in [-0.1, -0.05) is 42.5 Å². The van der Waals surface area contributed by atoms with Crippen LogP contribution in [-0.4, -0.2) is 71.9 Å². The number of carbonyl (C=O) groups is 1. The standard InChI is InChI=1S/C41H42FN9O3/c1-27-22-36(46-47(27)2)39(52)45-32-13-15-33(16-14-32)51-40(53)35-24-31(42)25-44-38(35)50(41(51)54)34-7-5-6-30(23-34)29-11-9-28(10-12-29)26-48-18-20-49(21-19-48)37-8-3-4-17-43-37/h3-12,17,22-25,32-33H,13-16,18-21,26H2,1-2H3,(H,45,52)/t32-,33+. The van der Waals surface area contributed by atoms with Crippen LogP contribution in [0.3, 0.4) is 0 Å². The topological polar surface area (TPSA) is 123 Å². The molecule has 4 aromatic heterocycles. The number of anilines is 1. The summed E-state index contributed by atoms with van der Waals surface area (Å²) in [5.41, 5.74) is 3.84. The molecule has 12 nitrogen and oxygen atoms in total. The van der Waals surface area contributed by atoms with Gasteiger partial charge in [0.2, 0.25) is 0 Å². The maximum Gasteiger partial charge on any atom is 0.337 e. The highest BCUT2D eigenvalue weighted by Crippen LogP contribution is 2.29. The van der Waals surface area contributed by atoms with Gasteiger partial charge in [0.1, 0.15) is 17.3 Å². The van der Waals surface area contributed by atoms with Crippen LogP contribution in [0, 0.1) is 12.7 Å². The Morgan fingerprint density at radius 2 is 1.65 bits per heavy atom. The van der Waals surface area contributed by atoms with Crippen molar-refractivity contribution in [3.63, 3.8) is 0 Å². The number of aryl methyl sites for hydroxylation is 2. The van der Waals surface area contributed by atoms with E-state index in [1.807, 2.05) is 43.5 Å². The third-order valence-corrected chi connectivity index (χ3v) is 10.8. The third kappa shape index (κ3) is 7.06. The van der Waals surface area contributed by atoms with Gasteiger partial charge in [-0.25, -0.2) is 23.7 Å². The lowest BCUT2D eigenvalue weighted by Crippen LogP contribution is -2.46. The number of hydrogen-bond donors (Lipinski definition) is 1. The van der Waals surface area contributed by atoms with Crippen molar-refractivity contribution < 1.29 is 9.18 Å². The summed E-state index contributed by atoms with van der Waals surface area (Å²) < 4.78 is 18.9. The van der Waals surface area contributed by atoms with E-state index in [2.05, 4.69) is 60.5 Å². The van der Waals surface area contributed by atoms with Crippen molar-refractivity contribution >= 4 is 22.8 Å². The number of benzene rings is 2. The smallest absolute Gasteiger partial charge is 0.337 e. The Hall–Kier alpha value is -5.95. The van der Waals surface area contributed by atoms with Crippen LogP contribution >= 0.6 is 0 Å². The first-order chi connectivity index (χ1) is 26.2. The first kappa shape index (κ1) is 35.1. The number of fused-ring (bicyclic) bond motifs is 1. The summed E-state index contributed by atoms with van der Waals surface area (Å²) in [4.78, 5) is 54.6. The minimum atomic E-state index is -0.656. The van der Waals surface area contributed by atoms with Gasteiger partial charge in [0.05, 0.1) is 17.3 Å². The Morgan fingerprint density at radius 3 is 2.35 bits per heavy atom. The molecule has 13 heteroatoms. The molecule has 0 radical (unpaired) electrons. The number of rotatable bonds is 8. The lowest BCUT2D eigenvalue weighted by atomic mass is 9.90. The molecule has 1 aliphatic carbocycles.